The van der Waals surface area contributed by atoms with Crippen LogP contribution >= 0.6 is 15.9 Å². The van der Waals surface area contributed by atoms with E-state index in [1.165, 1.54) is 0 Å². The lowest BCUT2D eigenvalue weighted by Crippen LogP contribution is -2.27. The number of anilines is 1. The van der Waals surface area contributed by atoms with Crippen molar-refractivity contribution in [3.05, 3.63) is 22.2 Å². The van der Waals surface area contributed by atoms with Crippen LogP contribution in [0.25, 0.3) is 0 Å². The predicted octanol–water partition coefficient (Wildman–Crippen LogP) is 3.75. The van der Waals surface area contributed by atoms with Gasteiger partial charge in [0.2, 0.25) is 5.91 Å². The molecule has 0 atom stereocenters. The Balaban J connectivity index is 3.02. The monoisotopic (exact) mass is 299 g/mol. The van der Waals surface area contributed by atoms with Crippen molar-refractivity contribution in [2.45, 2.75) is 27.7 Å². The van der Waals surface area contributed by atoms with Gasteiger partial charge in [-0.1, -0.05) is 20.8 Å². The van der Waals surface area contributed by atoms with E-state index in [0.717, 1.165) is 21.5 Å². The molecule has 1 amide bonds. The normalized spacial score (nSPS) is 11.2. The van der Waals surface area contributed by atoms with E-state index < -0.39 is 5.41 Å². The zero-order valence-electron chi connectivity index (χ0n) is 10.8. The number of methoxy groups -OCH3 is 1. The van der Waals surface area contributed by atoms with Gasteiger partial charge in [-0.15, -0.1) is 0 Å². The van der Waals surface area contributed by atoms with E-state index in [1.54, 1.807) is 7.11 Å². The van der Waals surface area contributed by atoms with E-state index in [1.807, 2.05) is 39.8 Å². The molecule has 0 aliphatic rings. The number of carbonyl (C=O) groups is 1. The molecular weight excluding hydrogens is 282 g/mol. The summed E-state index contributed by atoms with van der Waals surface area (Å²) < 4.78 is 6.07. The second kappa shape index (κ2) is 5.08. The molecule has 0 radical (unpaired) electrons. The molecular formula is C13H18BrNO2. The molecule has 0 aliphatic heterocycles. The Morgan fingerprint density at radius 3 is 2.41 bits per heavy atom. The van der Waals surface area contributed by atoms with Crippen molar-refractivity contribution in [2.75, 3.05) is 12.4 Å². The summed E-state index contributed by atoms with van der Waals surface area (Å²) in [5.41, 5.74) is 1.33. The maximum atomic E-state index is 11.9. The minimum Gasteiger partial charge on any atom is -0.496 e. The lowest BCUT2D eigenvalue weighted by atomic mass is 9.95. The number of benzene rings is 1. The molecule has 94 valence electrons. The predicted molar refractivity (Wildman–Crippen MR) is 73.5 cm³/mol. The molecule has 0 fully saturated rings. The van der Waals surface area contributed by atoms with Crippen LogP contribution in [0.1, 0.15) is 26.3 Å². The highest BCUT2D eigenvalue weighted by atomic mass is 79.9. The number of carbonyl (C=O) groups excluding carboxylic acids is 1. The number of ether oxygens (including phenoxy) is 1. The van der Waals surface area contributed by atoms with Crippen molar-refractivity contribution in [3.8, 4) is 5.75 Å². The van der Waals surface area contributed by atoms with Crippen molar-refractivity contribution < 1.29 is 9.53 Å². The first-order valence-corrected chi connectivity index (χ1v) is 6.21. The molecule has 0 aromatic heterocycles. The first kappa shape index (κ1) is 14.0. The molecule has 0 aliphatic carbocycles. The van der Waals surface area contributed by atoms with Gasteiger partial charge in [0.05, 0.1) is 12.8 Å². The average Bonchev–Trinajstić information content (AvgIpc) is 2.23. The first-order chi connectivity index (χ1) is 7.77. The third-order valence-electron chi connectivity index (χ3n) is 2.49. The van der Waals surface area contributed by atoms with Gasteiger partial charge in [0.15, 0.2) is 0 Å². The van der Waals surface area contributed by atoms with E-state index in [2.05, 4.69) is 21.2 Å². The van der Waals surface area contributed by atoms with Crippen LogP contribution in [-0.2, 0) is 4.79 Å². The molecule has 1 aromatic carbocycles. The van der Waals surface area contributed by atoms with Crippen molar-refractivity contribution in [1.29, 1.82) is 0 Å². The lowest BCUT2D eigenvalue weighted by Gasteiger charge is -2.19. The Morgan fingerprint density at radius 1 is 1.35 bits per heavy atom. The summed E-state index contributed by atoms with van der Waals surface area (Å²) in [6, 6.07) is 3.68. The van der Waals surface area contributed by atoms with Gasteiger partial charge >= 0.3 is 0 Å². The molecule has 0 bridgehead atoms. The number of nitrogens with one attached hydrogen (secondary N) is 1. The van der Waals surface area contributed by atoms with Crippen molar-refractivity contribution >= 4 is 27.5 Å². The Bertz CT molecular complexity index is 436. The van der Waals surface area contributed by atoms with Crippen LogP contribution in [0.5, 0.6) is 5.75 Å². The van der Waals surface area contributed by atoms with Crippen LogP contribution in [0, 0.1) is 12.3 Å². The van der Waals surface area contributed by atoms with E-state index in [4.69, 9.17) is 4.74 Å². The minimum absolute atomic E-state index is 0.0113. The van der Waals surface area contributed by atoms with Gasteiger partial charge in [-0.05, 0) is 35.0 Å². The zero-order chi connectivity index (χ0) is 13.2. The van der Waals surface area contributed by atoms with Crippen LogP contribution in [0.15, 0.2) is 16.6 Å². The Hall–Kier alpha value is -1.03. The van der Waals surface area contributed by atoms with Gasteiger partial charge in [0, 0.05) is 15.5 Å². The smallest absolute Gasteiger partial charge is 0.229 e. The fourth-order valence-corrected chi connectivity index (χ4v) is 1.72. The number of halogens is 1. The summed E-state index contributed by atoms with van der Waals surface area (Å²) in [4.78, 5) is 11.9. The fraction of sp³-hybridized carbons (Fsp3) is 0.462. The van der Waals surface area contributed by atoms with E-state index in [-0.39, 0.29) is 5.91 Å². The second-order valence-corrected chi connectivity index (χ2v) is 5.75. The van der Waals surface area contributed by atoms with E-state index in [9.17, 15) is 4.79 Å². The summed E-state index contributed by atoms with van der Waals surface area (Å²) >= 11 is 3.47. The summed E-state index contributed by atoms with van der Waals surface area (Å²) in [6.45, 7) is 7.58. The van der Waals surface area contributed by atoms with Crippen molar-refractivity contribution in [2.24, 2.45) is 5.41 Å². The molecule has 0 unspecified atom stereocenters. The van der Waals surface area contributed by atoms with Gasteiger partial charge in [0.25, 0.3) is 0 Å². The van der Waals surface area contributed by atoms with E-state index in [0.29, 0.717) is 0 Å². The maximum Gasteiger partial charge on any atom is 0.229 e. The van der Waals surface area contributed by atoms with Crippen LogP contribution in [-0.4, -0.2) is 13.0 Å². The summed E-state index contributed by atoms with van der Waals surface area (Å²) in [7, 11) is 1.63. The van der Waals surface area contributed by atoms with Crippen molar-refractivity contribution in [1.82, 2.24) is 0 Å². The highest BCUT2D eigenvalue weighted by molar-refractivity contribution is 9.10. The third-order valence-corrected chi connectivity index (χ3v) is 3.51. The van der Waals surface area contributed by atoms with Crippen LogP contribution in [0.2, 0.25) is 0 Å². The van der Waals surface area contributed by atoms with Gasteiger partial charge < -0.3 is 10.1 Å². The molecule has 4 heteroatoms. The van der Waals surface area contributed by atoms with E-state index >= 15 is 0 Å². The molecule has 0 heterocycles. The second-order valence-electron chi connectivity index (χ2n) is 4.96. The number of hydrogen-bond acceptors (Lipinski definition) is 2. The average molecular weight is 300 g/mol. The largest absolute Gasteiger partial charge is 0.496 e. The van der Waals surface area contributed by atoms with Crippen LogP contribution < -0.4 is 10.1 Å². The summed E-state index contributed by atoms with van der Waals surface area (Å²) in [6.07, 6.45) is 0. The van der Waals surface area contributed by atoms with Crippen molar-refractivity contribution in [3.63, 3.8) is 0 Å². The summed E-state index contributed by atoms with van der Waals surface area (Å²) in [5.74, 6) is 0.786. The molecule has 1 aromatic rings. The van der Waals surface area contributed by atoms with Gasteiger partial charge in [-0.2, -0.15) is 0 Å². The van der Waals surface area contributed by atoms with Gasteiger partial charge in [0.1, 0.15) is 5.75 Å². The molecule has 17 heavy (non-hydrogen) atoms. The Labute approximate surface area is 111 Å². The zero-order valence-corrected chi connectivity index (χ0v) is 12.4. The molecule has 0 saturated heterocycles. The van der Waals surface area contributed by atoms with Crippen LogP contribution in [0.3, 0.4) is 0 Å². The van der Waals surface area contributed by atoms with Gasteiger partial charge in [-0.25, -0.2) is 0 Å². The highest BCUT2D eigenvalue weighted by Gasteiger charge is 2.22. The quantitative estimate of drug-likeness (QED) is 0.903. The molecule has 0 spiro atoms. The first-order valence-electron chi connectivity index (χ1n) is 5.42. The van der Waals surface area contributed by atoms with Gasteiger partial charge in [-0.3, -0.25) is 4.79 Å². The topological polar surface area (TPSA) is 38.3 Å². The number of amides is 1. The summed E-state index contributed by atoms with van der Waals surface area (Å²) in [5, 5.41) is 2.90. The standard InChI is InChI=1S/C13H18BrNO2/c1-8-10(17-5)7-6-9(11(8)14)15-12(16)13(2,3)4/h6-7H,1-5H3,(H,15,16). The SMILES string of the molecule is COc1ccc(NC(=O)C(C)(C)C)c(Br)c1C. The molecule has 1 rings (SSSR count). The molecule has 0 saturated carbocycles. The Morgan fingerprint density at radius 2 is 1.94 bits per heavy atom. The fourth-order valence-electron chi connectivity index (χ4n) is 1.29. The molecule has 1 N–H and O–H groups in total. The van der Waals surface area contributed by atoms with Crippen LogP contribution in [0.4, 0.5) is 5.69 Å². The highest BCUT2D eigenvalue weighted by Crippen LogP contribution is 2.33. The molecule has 3 nitrogen and oxygen atoms in total. The maximum absolute atomic E-state index is 11.9. The minimum atomic E-state index is -0.409. The number of rotatable bonds is 2. The third kappa shape index (κ3) is 3.22. The lowest BCUT2D eigenvalue weighted by molar-refractivity contribution is -0.123. The Kier molecular flexibility index (Phi) is 4.20. The number of hydrogen-bond donors (Lipinski definition) is 1.